The Morgan fingerprint density at radius 2 is 1.97 bits per heavy atom. The molecule has 1 atom stereocenters. The molecule has 0 fully saturated rings. The van der Waals surface area contributed by atoms with Gasteiger partial charge in [-0.15, -0.1) is 10.2 Å². The topological polar surface area (TPSA) is 106 Å². The van der Waals surface area contributed by atoms with Gasteiger partial charge in [-0.2, -0.15) is 11.8 Å². The van der Waals surface area contributed by atoms with Crippen molar-refractivity contribution in [3.63, 3.8) is 0 Å². The van der Waals surface area contributed by atoms with E-state index in [-0.39, 0.29) is 22.8 Å². The zero-order valence-corrected chi connectivity index (χ0v) is 20.4. The monoisotopic (exact) mass is 466 g/mol. The zero-order chi connectivity index (χ0) is 23.0. The summed E-state index contributed by atoms with van der Waals surface area (Å²) in [6.07, 6.45) is 2.05. The SMILES string of the molecule is CSCC[C@@H](NC(=O)OC(C)(C)C)c1nnc(SCC(=O)Nc2cc(C)ccc2C)o1. The number of carbonyl (C=O) groups is 2. The average molecular weight is 467 g/mol. The molecule has 0 aliphatic carbocycles. The first-order valence-electron chi connectivity index (χ1n) is 9.89. The third kappa shape index (κ3) is 8.82. The molecule has 2 N–H and O–H groups in total. The van der Waals surface area contributed by atoms with Gasteiger partial charge in [-0.1, -0.05) is 23.9 Å². The highest BCUT2D eigenvalue weighted by Crippen LogP contribution is 2.24. The van der Waals surface area contributed by atoms with Crippen molar-refractivity contribution in [1.82, 2.24) is 15.5 Å². The van der Waals surface area contributed by atoms with Gasteiger partial charge < -0.3 is 19.8 Å². The van der Waals surface area contributed by atoms with Crippen LogP contribution in [-0.2, 0) is 9.53 Å². The molecule has 31 heavy (non-hydrogen) atoms. The summed E-state index contributed by atoms with van der Waals surface area (Å²) >= 11 is 2.80. The summed E-state index contributed by atoms with van der Waals surface area (Å²) in [4.78, 5) is 24.5. The fourth-order valence-corrected chi connectivity index (χ4v) is 3.59. The van der Waals surface area contributed by atoms with Crippen LogP contribution in [0.15, 0.2) is 27.8 Å². The van der Waals surface area contributed by atoms with Crippen LogP contribution in [0.2, 0.25) is 0 Å². The second kappa shape index (κ2) is 11.4. The number of rotatable bonds is 9. The Hall–Kier alpha value is -2.20. The number of hydrogen-bond donors (Lipinski definition) is 2. The normalized spacial score (nSPS) is 12.3. The molecule has 2 aromatic rings. The second-order valence-electron chi connectivity index (χ2n) is 8.04. The van der Waals surface area contributed by atoms with Gasteiger partial charge in [-0.25, -0.2) is 4.79 Å². The Morgan fingerprint density at radius 3 is 2.65 bits per heavy atom. The van der Waals surface area contributed by atoms with Crippen LogP contribution < -0.4 is 10.6 Å². The van der Waals surface area contributed by atoms with Crippen LogP contribution in [0, 0.1) is 13.8 Å². The molecule has 0 aliphatic rings. The molecule has 170 valence electrons. The lowest BCUT2D eigenvalue weighted by molar-refractivity contribution is -0.113. The first kappa shape index (κ1) is 25.1. The van der Waals surface area contributed by atoms with Crippen LogP contribution in [0.25, 0.3) is 0 Å². The van der Waals surface area contributed by atoms with Gasteiger partial charge in [0, 0.05) is 5.69 Å². The third-order valence-electron chi connectivity index (χ3n) is 4.02. The fourth-order valence-electron chi connectivity index (χ4n) is 2.55. The smallest absolute Gasteiger partial charge is 0.408 e. The van der Waals surface area contributed by atoms with E-state index in [1.54, 1.807) is 32.5 Å². The molecule has 2 rings (SSSR count). The number of nitrogens with one attached hydrogen (secondary N) is 2. The molecule has 1 heterocycles. The fraction of sp³-hybridized carbons (Fsp3) is 0.524. The Labute approximate surface area is 191 Å². The van der Waals surface area contributed by atoms with Crippen LogP contribution in [0.1, 0.15) is 50.3 Å². The van der Waals surface area contributed by atoms with Crippen molar-refractivity contribution in [3.8, 4) is 0 Å². The van der Waals surface area contributed by atoms with Crippen molar-refractivity contribution in [2.75, 3.05) is 23.1 Å². The number of nitrogens with zero attached hydrogens (tertiary/aromatic N) is 2. The maximum absolute atomic E-state index is 12.3. The van der Waals surface area contributed by atoms with Gasteiger partial charge in [0.1, 0.15) is 11.6 Å². The maximum Gasteiger partial charge on any atom is 0.408 e. The van der Waals surface area contributed by atoms with Crippen molar-refractivity contribution in [1.29, 1.82) is 0 Å². The minimum absolute atomic E-state index is 0.129. The Balaban J connectivity index is 1.96. The molecule has 2 amide bonds. The third-order valence-corrected chi connectivity index (χ3v) is 5.48. The van der Waals surface area contributed by atoms with Crippen molar-refractivity contribution >= 4 is 41.2 Å². The number of alkyl carbamates (subject to hydrolysis) is 1. The minimum Gasteiger partial charge on any atom is -0.444 e. The summed E-state index contributed by atoms with van der Waals surface area (Å²) in [7, 11) is 0. The zero-order valence-electron chi connectivity index (χ0n) is 18.8. The number of ether oxygens (including phenoxy) is 1. The molecule has 1 aromatic carbocycles. The first-order valence-corrected chi connectivity index (χ1v) is 12.3. The molecule has 0 saturated carbocycles. The molecule has 1 aromatic heterocycles. The van der Waals surface area contributed by atoms with Crippen LogP contribution in [0.5, 0.6) is 0 Å². The first-order chi connectivity index (χ1) is 14.6. The molecule has 10 heteroatoms. The van der Waals surface area contributed by atoms with Crippen LogP contribution in [0.3, 0.4) is 0 Å². The number of thioether (sulfide) groups is 2. The lowest BCUT2D eigenvalue weighted by Crippen LogP contribution is -2.35. The standard InChI is InChI=1S/C21H30N4O4S2/c1-13-7-8-14(2)16(11-13)22-17(26)12-31-20-25-24-18(28-20)15(9-10-30-6)23-19(27)29-21(3,4)5/h7-8,11,15H,9-10,12H2,1-6H3,(H,22,26)(H,23,27)/t15-/m1/s1. The number of aryl methyl sites for hydroxylation is 2. The van der Waals surface area contributed by atoms with Gasteiger partial charge in [0.05, 0.1) is 5.75 Å². The van der Waals surface area contributed by atoms with Crippen molar-refractivity contribution in [2.45, 2.75) is 57.9 Å². The lowest BCUT2D eigenvalue weighted by atomic mass is 10.1. The summed E-state index contributed by atoms with van der Waals surface area (Å²) in [5.74, 6) is 1.05. The number of benzene rings is 1. The molecule has 0 radical (unpaired) electrons. The molecule has 0 unspecified atom stereocenters. The Kier molecular flexibility index (Phi) is 9.24. The van der Waals surface area contributed by atoms with E-state index in [4.69, 9.17) is 9.15 Å². The summed E-state index contributed by atoms with van der Waals surface area (Å²) in [6.45, 7) is 9.32. The summed E-state index contributed by atoms with van der Waals surface area (Å²) in [5.41, 5.74) is 2.25. The van der Waals surface area contributed by atoms with Gasteiger partial charge in [-0.05, 0) is 70.2 Å². The van der Waals surface area contributed by atoms with Crippen LogP contribution in [0.4, 0.5) is 10.5 Å². The Morgan fingerprint density at radius 1 is 1.23 bits per heavy atom. The van der Waals surface area contributed by atoms with Gasteiger partial charge in [-0.3, -0.25) is 4.79 Å². The molecule has 8 nitrogen and oxygen atoms in total. The quantitative estimate of drug-likeness (QED) is 0.511. The van der Waals surface area contributed by atoms with Crippen molar-refractivity contribution in [3.05, 3.63) is 35.2 Å². The number of anilines is 1. The number of hydrogen-bond acceptors (Lipinski definition) is 8. The molecular weight excluding hydrogens is 436 g/mol. The predicted octanol–water partition coefficient (Wildman–Crippen LogP) is 4.74. The van der Waals surface area contributed by atoms with E-state index < -0.39 is 17.7 Å². The summed E-state index contributed by atoms with van der Waals surface area (Å²) < 4.78 is 11.0. The van der Waals surface area contributed by atoms with Crippen LogP contribution >= 0.6 is 23.5 Å². The van der Waals surface area contributed by atoms with Crippen molar-refractivity contribution in [2.24, 2.45) is 0 Å². The molecule has 0 aliphatic heterocycles. The van der Waals surface area contributed by atoms with E-state index in [0.29, 0.717) is 6.42 Å². The summed E-state index contributed by atoms with van der Waals surface area (Å²) in [5, 5.41) is 14.0. The summed E-state index contributed by atoms with van der Waals surface area (Å²) in [6, 6.07) is 5.43. The van der Waals surface area contributed by atoms with E-state index in [1.807, 2.05) is 38.3 Å². The van der Waals surface area contributed by atoms with E-state index in [1.165, 1.54) is 0 Å². The van der Waals surface area contributed by atoms with Crippen molar-refractivity contribution < 1.29 is 18.7 Å². The second-order valence-corrected chi connectivity index (χ2v) is 9.95. The highest BCUT2D eigenvalue weighted by Gasteiger charge is 2.24. The van der Waals surface area contributed by atoms with Gasteiger partial charge in [0.15, 0.2) is 0 Å². The molecule has 0 saturated heterocycles. The lowest BCUT2D eigenvalue weighted by Gasteiger charge is -2.22. The maximum atomic E-state index is 12.3. The Bertz CT molecular complexity index is 896. The van der Waals surface area contributed by atoms with Gasteiger partial charge >= 0.3 is 6.09 Å². The largest absolute Gasteiger partial charge is 0.444 e. The number of carbonyl (C=O) groups excluding carboxylic acids is 2. The molecule has 0 spiro atoms. The van der Waals surface area contributed by atoms with Gasteiger partial charge in [0.25, 0.3) is 5.22 Å². The van der Waals surface area contributed by atoms with Gasteiger partial charge in [0.2, 0.25) is 11.8 Å². The molecular formula is C21H30N4O4S2. The molecule has 0 bridgehead atoms. The minimum atomic E-state index is -0.604. The highest BCUT2D eigenvalue weighted by molar-refractivity contribution is 7.99. The number of aromatic nitrogens is 2. The van der Waals surface area contributed by atoms with E-state index in [2.05, 4.69) is 20.8 Å². The van der Waals surface area contributed by atoms with E-state index >= 15 is 0 Å². The average Bonchev–Trinajstić information content (AvgIpc) is 3.14. The van der Waals surface area contributed by atoms with Crippen LogP contribution in [-0.4, -0.2) is 45.6 Å². The highest BCUT2D eigenvalue weighted by atomic mass is 32.2. The number of amides is 2. The van der Waals surface area contributed by atoms with E-state index in [9.17, 15) is 9.59 Å². The van der Waals surface area contributed by atoms with E-state index in [0.717, 1.165) is 34.3 Å². The predicted molar refractivity (Wildman–Crippen MR) is 125 cm³/mol.